The Hall–Kier alpha value is -1.30. The van der Waals surface area contributed by atoms with Crippen molar-refractivity contribution < 1.29 is 48.3 Å². The molecule has 0 aliphatic carbocycles. The lowest BCUT2D eigenvalue weighted by molar-refractivity contribution is -0.291. The van der Waals surface area contributed by atoms with Crippen LogP contribution >= 0.6 is 12.4 Å². The molecule has 0 aromatic heterocycles. The van der Waals surface area contributed by atoms with Gasteiger partial charge < -0.3 is 5.73 Å². The van der Waals surface area contributed by atoms with E-state index in [0.29, 0.717) is 0 Å². The summed E-state index contributed by atoms with van der Waals surface area (Å²) in [5, 5.41) is 0. The normalized spacial score (nSPS) is 15.0. The number of halogens is 12. The van der Waals surface area contributed by atoms with Crippen LogP contribution in [-0.4, -0.2) is 12.1 Å². The molecule has 0 amide bonds. The maximum Gasteiger partial charge on any atom is 0.455 e. The summed E-state index contributed by atoms with van der Waals surface area (Å²) < 4.78 is 138. The van der Waals surface area contributed by atoms with Gasteiger partial charge in [0, 0.05) is 0 Å². The van der Waals surface area contributed by atoms with E-state index in [4.69, 9.17) is 0 Å². The van der Waals surface area contributed by atoms with Crippen LogP contribution in [0.5, 0.6) is 0 Å². The van der Waals surface area contributed by atoms with Crippen molar-refractivity contribution in [3.05, 3.63) is 34.9 Å². The summed E-state index contributed by atoms with van der Waals surface area (Å²) in [5.41, 5.74) is -1.42. The minimum Gasteiger partial charge on any atom is -0.319 e. The largest absolute Gasteiger partial charge is 0.455 e. The summed E-state index contributed by atoms with van der Waals surface area (Å²) in [6.07, 6.45) is -17.1. The van der Waals surface area contributed by atoms with E-state index >= 15 is 0 Å². The Morgan fingerprint density at radius 1 is 0.750 bits per heavy atom. The molecule has 140 valence electrons. The van der Waals surface area contributed by atoms with E-state index in [1.165, 1.54) is 0 Å². The van der Waals surface area contributed by atoms with Gasteiger partial charge in [-0.15, -0.1) is 12.4 Å². The second kappa shape index (κ2) is 6.54. The predicted molar refractivity (Wildman–Crippen MR) is 61.6 cm³/mol. The van der Waals surface area contributed by atoms with Gasteiger partial charge in [-0.2, -0.15) is 48.3 Å². The standard InChI is InChI=1S/C11H6F11N.ClH/c12-8(13,11(20,21)22)7(23)5-3-4(9(14,15)16)1-2-6(5)10(17,18)19;/h1-3,7H,23H2;1H/t7-;/m0./s1. The first-order chi connectivity index (χ1) is 9.99. The Bertz CT molecular complexity index is 573. The highest BCUT2D eigenvalue weighted by Gasteiger charge is 2.62. The van der Waals surface area contributed by atoms with Gasteiger partial charge in [0.2, 0.25) is 0 Å². The topological polar surface area (TPSA) is 26.0 Å². The molecule has 0 heterocycles. The average Bonchev–Trinajstić information content (AvgIpc) is 2.33. The van der Waals surface area contributed by atoms with E-state index in [9.17, 15) is 48.3 Å². The maximum atomic E-state index is 13.1. The Morgan fingerprint density at radius 3 is 1.54 bits per heavy atom. The minimum absolute atomic E-state index is 0. The molecule has 13 heteroatoms. The SMILES string of the molecule is Cl.N[C@@H](c1cc(C(F)(F)F)ccc1C(F)(F)F)C(F)(F)C(F)(F)F. The molecule has 0 fully saturated rings. The number of hydrogen-bond donors (Lipinski definition) is 1. The molecular formula is C11H7ClF11N. The Morgan fingerprint density at radius 2 is 1.21 bits per heavy atom. The van der Waals surface area contributed by atoms with Crippen molar-refractivity contribution in [2.45, 2.75) is 30.5 Å². The van der Waals surface area contributed by atoms with Crippen LogP contribution in [0.2, 0.25) is 0 Å². The van der Waals surface area contributed by atoms with Gasteiger partial charge in [-0.25, -0.2) is 0 Å². The zero-order valence-electron chi connectivity index (χ0n) is 11.0. The van der Waals surface area contributed by atoms with E-state index in [1.54, 1.807) is 0 Å². The summed E-state index contributed by atoms with van der Waals surface area (Å²) in [4.78, 5) is 0. The number of hydrogen-bond acceptors (Lipinski definition) is 1. The summed E-state index contributed by atoms with van der Waals surface area (Å²) in [6, 6.07) is -4.47. The first kappa shape index (κ1) is 22.7. The van der Waals surface area contributed by atoms with Gasteiger partial charge in [-0.1, -0.05) is 0 Å². The lowest BCUT2D eigenvalue weighted by atomic mass is 9.93. The summed E-state index contributed by atoms with van der Waals surface area (Å²) >= 11 is 0. The van der Waals surface area contributed by atoms with Crippen LogP contribution < -0.4 is 5.73 Å². The Labute approximate surface area is 133 Å². The molecule has 0 unspecified atom stereocenters. The molecule has 0 saturated heterocycles. The molecule has 0 aliphatic heterocycles. The zero-order valence-corrected chi connectivity index (χ0v) is 11.8. The third-order valence-corrected chi connectivity index (χ3v) is 2.79. The third kappa shape index (κ3) is 4.41. The van der Waals surface area contributed by atoms with Gasteiger partial charge in [0.25, 0.3) is 0 Å². The van der Waals surface area contributed by atoms with Gasteiger partial charge in [-0.3, -0.25) is 0 Å². The number of rotatable bonds is 2. The molecular weight excluding hydrogens is 391 g/mol. The maximum absolute atomic E-state index is 13.1. The van der Waals surface area contributed by atoms with Crippen LogP contribution in [0.4, 0.5) is 48.3 Å². The van der Waals surface area contributed by atoms with Crippen LogP contribution in [0, 0.1) is 0 Å². The summed E-state index contributed by atoms with van der Waals surface area (Å²) in [6.45, 7) is 0. The summed E-state index contributed by atoms with van der Waals surface area (Å²) in [7, 11) is 0. The van der Waals surface area contributed by atoms with E-state index in [2.05, 4.69) is 5.73 Å². The van der Waals surface area contributed by atoms with Gasteiger partial charge in [0.1, 0.15) is 6.04 Å². The van der Waals surface area contributed by atoms with Crippen molar-refractivity contribution in [2.75, 3.05) is 0 Å². The molecule has 0 saturated carbocycles. The van der Waals surface area contributed by atoms with Crippen LogP contribution in [0.25, 0.3) is 0 Å². The zero-order chi connectivity index (χ0) is 18.4. The third-order valence-electron chi connectivity index (χ3n) is 2.79. The quantitative estimate of drug-likeness (QED) is 0.670. The fourth-order valence-electron chi connectivity index (χ4n) is 1.63. The van der Waals surface area contributed by atoms with Crippen LogP contribution in [-0.2, 0) is 12.4 Å². The van der Waals surface area contributed by atoms with Crippen molar-refractivity contribution in [1.29, 1.82) is 0 Å². The molecule has 1 atom stereocenters. The monoisotopic (exact) mass is 397 g/mol. The van der Waals surface area contributed by atoms with Crippen molar-refractivity contribution >= 4 is 12.4 Å². The van der Waals surface area contributed by atoms with Crippen molar-refractivity contribution in [3.8, 4) is 0 Å². The molecule has 1 aromatic carbocycles. The average molecular weight is 398 g/mol. The van der Waals surface area contributed by atoms with E-state index in [1.807, 2.05) is 0 Å². The second-order valence-electron chi connectivity index (χ2n) is 4.40. The Balaban J connectivity index is 0.00000529. The van der Waals surface area contributed by atoms with Gasteiger partial charge in [-0.05, 0) is 23.8 Å². The lowest BCUT2D eigenvalue weighted by Gasteiger charge is -2.28. The second-order valence-corrected chi connectivity index (χ2v) is 4.40. The fourth-order valence-corrected chi connectivity index (χ4v) is 1.63. The van der Waals surface area contributed by atoms with Crippen molar-refractivity contribution in [3.63, 3.8) is 0 Å². The van der Waals surface area contributed by atoms with Crippen LogP contribution in [0.3, 0.4) is 0 Å². The van der Waals surface area contributed by atoms with E-state index in [-0.39, 0.29) is 24.5 Å². The lowest BCUT2D eigenvalue weighted by Crippen LogP contribution is -2.46. The van der Waals surface area contributed by atoms with Crippen LogP contribution in [0.15, 0.2) is 18.2 Å². The van der Waals surface area contributed by atoms with Gasteiger partial charge >= 0.3 is 24.5 Å². The summed E-state index contributed by atoms with van der Waals surface area (Å²) in [5.74, 6) is -5.86. The highest BCUT2D eigenvalue weighted by atomic mass is 35.5. The first-order valence-corrected chi connectivity index (χ1v) is 5.48. The van der Waals surface area contributed by atoms with Gasteiger partial charge in [0.05, 0.1) is 11.1 Å². The van der Waals surface area contributed by atoms with E-state index in [0.717, 1.165) is 0 Å². The van der Waals surface area contributed by atoms with Gasteiger partial charge in [0.15, 0.2) is 0 Å². The van der Waals surface area contributed by atoms with E-state index < -0.39 is 53.2 Å². The minimum atomic E-state index is -6.34. The highest BCUT2D eigenvalue weighted by Crippen LogP contribution is 2.47. The van der Waals surface area contributed by atoms with Crippen molar-refractivity contribution in [2.24, 2.45) is 5.73 Å². The smallest absolute Gasteiger partial charge is 0.319 e. The number of benzene rings is 1. The van der Waals surface area contributed by atoms with Crippen molar-refractivity contribution in [1.82, 2.24) is 0 Å². The molecule has 0 radical (unpaired) electrons. The molecule has 1 nitrogen and oxygen atoms in total. The molecule has 1 aromatic rings. The first-order valence-electron chi connectivity index (χ1n) is 5.48. The molecule has 0 bridgehead atoms. The molecule has 1 rings (SSSR count). The van der Waals surface area contributed by atoms with Crippen LogP contribution in [0.1, 0.15) is 22.7 Å². The number of alkyl halides is 11. The molecule has 0 aliphatic rings. The molecule has 2 N–H and O–H groups in total. The predicted octanol–water partition coefficient (Wildman–Crippen LogP) is 5.34. The Kier molecular flexibility index (Phi) is 6.19. The number of nitrogens with two attached hydrogens (primary N) is 1. The molecule has 0 spiro atoms. The molecule has 24 heavy (non-hydrogen) atoms. The fraction of sp³-hybridized carbons (Fsp3) is 0.455. The highest BCUT2D eigenvalue weighted by molar-refractivity contribution is 5.85.